The zero-order valence-corrected chi connectivity index (χ0v) is 12.9. The Hall–Kier alpha value is -1.80. The van der Waals surface area contributed by atoms with Crippen molar-refractivity contribution < 1.29 is 17.3 Å². The number of nitrogens with zero attached hydrogens (tertiary/aromatic N) is 3. The van der Waals surface area contributed by atoms with Crippen LogP contribution in [-0.2, 0) is 15.7 Å². The fourth-order valence-electron chi connectivity index (χ4n) is 2.50. The number of sulfonamides is 1. The highest BCUT2D eigenvalue weighted by molar-refractivity contribution is 7.88. The molecule has 1 aromatic heterocycles. The first kappa shape index (κ1) is 15.1. The molecule has 2 aromatic rings. The molecular weight excluding hydrogens is 309 g/mol. The maximum absolute atomic E-state index is 15.0. The first-order chi connectivity index (χ1) is 10.4. The van der Waals surface area contributed by atoms with Gasteiger partial charge in [-0.15, -0.1) is 0 Å². The van der Waals surface area contributed by atoms with Crippen molar-refractivity contribution in [2.45, 2.75) is 18.5 Å². The van der Waals surface area contributed by atoms with Crippen LogP contribution in [0.2, 0.25) is 0 Å². The zero-order valence-electron chi connectivity index (χ0n) is 12.1. The van der Waals surface area contributed by atoms with Crippen molar-refractivity contribution in [1.29, 1.82) is 0 Å². The van der Waals surface area contributed by atoms with Crippen molar-refractivity contribution in [2.24, 2.45) is 0 Å². The van der Waals surface area contributed by atoms with Crippen LogP contribution in [0.25, 0.3) is 11.4 Å². The number of aromatic nitrogens is 2. The van der Waals surface area contributed by atoms with E-state index in [2.05, 4.69) is 10.1 Å². The normalized spacial score (nSPS) is 19.2. The minimum atomic E-state index is -3.30. The lowest BCUT2D eigenvalue weighted by Gasteiger charge is -2.32. The van der Waals surface area contributed by atoms with Crippen LogP contribution in [0.3, 0.4) is 0 Å². The molecule has 0 bridgehead atoms. The molecule has 0 aliphatic carbocycles. The molecule has 0 amide bonds. The van der Waals surface area contributed by atoms with E-state index in [9.17, 15) is 12.8 Å². The average Bonchev–Trinajstić information content (AvgIpc) is 2.98. The summed E-state index contributed by atoms with van der Waals surface area (Å²) in [5, 5.41) is 3.82. The molecule has 22 heavy (non-hydrogen) atoms. The van der Waals surface area contributed by atoms with E-state index in [1.807, 2.05) is 30.3 Å². The third-order valence-corrected chi connectivity index (χ3v) is 5.13. The Bertz CT molecular complexity index is 753. The molecule has 0 N–H and O–H groups in total. The molecule has 0 spiro atoms. The van der Waals surface area contributed by atoms with Crippen LogP contribution >= 0.6 is 0 Å². The molecule has 2 heterocycles. The highest BCUT2D eigenvalue weighted by Crippen LogP contribution is 2.37. The van der Waals surface area contributed by atoms with E-state index in [0.29, 0.717) is 5.82 Å². The van der Waals surface area contributed by atoms with E-state index >= 15 is 0 Å². The lowest BCUT2D eigenvalue weighted by Crippen LogP contribution is -2.43. The highest BCUT2D eigenvalue weighted by Gasteiger charge is 2.43. The minimum absolute atomic E-state index is 0.0104. The summed E-state index contributed by atoms with van der Waals surface area (Å²) in [6.45, 7) is 0.219. The molecule has 1 aliphatic heterocycles. The van der Waals surface area contributed by atoms with Gasteiger partial charge in [-0.1, -0.05) is 35.5 Å². The summed E-state index contributed by atoms with van der Waals surface area (Å²) in [4.78, 5) is 4.14. The highest BCUT2D eigenvalue weighted by atomic mass is 32.2. The van der Waals surface area contributed by atoms with Crippen LogP contribution in [0.1, 0.15) is 18.7 Å². The van der Waals surface area contributed by atoms with Gasteiger partial charge in [0.2, 0.25) is 15.8 Å². The van der Waals surface area contributed by atoms with Crippen LogP contribution in [0.4, 0.5) is 4.39 Å². The van der Waals surface area contributed by atoms with Crippen molar-refractivity contribution in [1.82, 2.24) is 14.4 Å². The number of halogens is 1. The summed E-state index contributed by atoms with van der Waals surface area (Å²) in [6.07, 6.45) is 1.14. The predicted molar refractivity (Wildman–Crippen MR) is 78.2 cm³/mol. The fourth-order valence-corrected chi connectivity index (χ4v) is 3.34. The van der Waals surface area contributed by atoms with Crippen molar-refractivity contribution in [3.8, 4) is 11.4 Å². The molecule has 0 saturated carbocycles. The summed E-state index contributed by atoms with van der Waals surface area (Å²) < 4.78 is 44.3. The molecule has 118 valence electrons. The quantitative estimate of drug-likeness (QED) is 0.862. The van der Waals surface area contributed by atoms with Gasteiger partial charge in [0.1, 0.15) is 0 Å². The number of benzene rings is 1. The Kier molecular flexibility index (Phi) is 3.73. The zero-order chi connectivity index (χ0) is 15.8. The summed E-state index contributed by atoms with van der Waals surface area (Å²) in [7, 11) is -3.30. The summed E-state index contributed by atoms with van der Waals surface area (Å²) in [6, 6.07) is 9.15. The van der Waals surface area contributed by atoms with Gasteiger partial charge in [-0.3, -0.25) is 0 Å². The van der Waals surface area contributed by atoms with Gasteiger partial charge in [-0.05, 0) is 0 Å². The third-order valence-electron chi connectivity index (χ3n) is 3.83. The molecule has 1 saturated heterocycles. The van der Waals surface area contributed by atoms with Gasteiger partial charge >= 0.3 is 0 Å². The van der Waals surface area contributed by atoms with Crippen molar-refractivity contribution in [3.63, 3.8) is 0 Å². The van der Waals surface area contributed by atoms with E-state index in [4.69, 9.17) is 4.52 Å². The lowest BCUT2D eigenvalue weighted by atomic mass is 9.94. The molecular formula is C14H16FN3O3S. The Labute approximate surface area is 128 Å². The van der Waals surface area contributed by atoms with Gasteiger partial charge in [-0.2, -0.15) is 4.98 Å². The smallest absolute Gasteiger partial charge is 0.264 e. The number of hydrogen-bond donors (Lipinski definition) is 0. The standard InChI is InChI=1S/C14H16FN3O3S/c1-22(19,20)18-9-7-14(15,8-10-18)13-16-12(17-21-13)11-5-3-2-4-6-11/h2-6H,7-10H2,1H3. The van der Waals surface area contributed by atoms with Crippen molar-refractivity contribution in [2.75, 3.05) is 19.3 Å². The number of hydrogen-bond acceptors (Lipinski definition) is 5. The Morgan fingerprint density at radius 3 is 2.45 bits per heavy atom. The average molecular weight is 325 g/mol. The van der Waals surface area contributed by atoms with Crippen molar-refractivity contribution in [3.05, 3.63) is 36.2 Å². The van der Waals surface area contributed by atoms with Crippen molar-refractivity contribution >= 4 is 10.0 Å². The molecule has 6 nitrogen and oxygen atoms in total. The summed E-state index contributed by atoms with van der Waals surface area (Å²) >= 11 is 0. The van der Waals surface area contributed by atoms with E-state index < -0.39 is 15.7 Å². The van der Waals surface area contributed by atoms with E-state index in [1.165, 1.54) is 4.31 Å². The minimum Gasteiger partial charge on any atom is -0.335 e. The van der Waals surface area contributed by atoms with Gasteiger partial charge in [0.15, 0.2) is 5.67 Å². The van der Waals surface area contributed by atoms with E-state index in [-0.39, 0.29) is 31.8 Å². The van der Waals surface area contributed by atoms with Crippen LogP contribution in [0.15, 0.2) is 34.9 Å². The molecule has 0 unspecified atom stereocenters. The number of piperidine rings is 1. The van der Waals surface area contributed by atoms with E-state index in [1.54, 1.807) is 0 Å². The lowest BCUT2D eigenvalue weighted by molar-refractivity contribution is 0.0513. The van der Waals surface area contributed by atoms with Gasteiger partial charge in [0, 0.05) is 31.5 Å². The fraction of sp³-hybridized carbons (Fsp3) is 0.429. The molecule has 0 radical (unpaired) electrons. The molecule has 1 aromatic carbocycles. The van der Waals surface area contributed by atoms with Crippen LogP contribution < -0.4 is 0 Å². The second kappa shape index (κ2) is 5.44. The van der Waals surface area contributed by atoms with Gasteiger partial charge < -0.3 is 4.52 Å². The SMILES string of the molecule is CS(=O)(=O)N1CCC(F)(c2nc(-c3ccccc3)no2)CC1. The summed E-state index contributed by atoms with van der Waals surface area (Å²) in [5.41, 5.74) is -1.03. The first-order valence-corrected chi connectivity index (χ1v) is 8.77. The number of rotatable bonds is 3. The maximum atomic E-state index is 15.0. The van der Waals surface area contributed by atoms with Crippen LogP contribution in [0.5, 0.6) is 0 Å². The van der Waals surface area contributed by atoms with Gasteiger partial charge in [0.05, 0.1) is 6.26 Å². The monoisotopic (exact) mass is 325 g/mol. The predicted octanol–water partition coefficient (Wildman–Crippen LogP) is 1.96. The molecule has 1 aliphatic rings. The second-order valence-electron chi connectivity index (χ2n) is 5.42. The van der Waals surface area contributed by atoms with Gasteiger partial charge in [0.25, 0.3) is 5.89 Å². The molecule has 3 rings (SSSR count). The van der Waals surface area contributed by atoms with Gasteiger partial charge in [-0.25, -0.2) is 17.1 Å². The summed E-state index contributed by atoms with van der Waals surface area (Å²) in [5.74, 6) is 0.248. The largest absolute Gasteiger partial charge is 0.335 e. The van der Waals surface area contributed by atoms with Crippen LogP contribution in [-0.4, -0.2) is 42.2 Å². The Morgan fingerprint density at radius 1 is 1.23 bits per heavy atom. The first-order valence-electron chi connectivity index (χ1n) is 6.92. The Morgan fingerprint density at radius 2 is 1.86 bits per heavy atom. The maximum Gasteiger partial charge on any atom is 0.264 e. The topological polar surface area (TPSA) is 76.3 Å². The Balaban J connectivity index is 1.79. The van der Waals surface area contributed by atoms with Crippen LogP contribution in [0, 0.1) is 0 Å². The van der Waals surface area contributed by atoms with E-state index in [0.717, 1.165) is 11.8 Å². The third kappa shape index (κ3) is 2.89. The molecule has 8 heteroatoms. The second-order valence-corrected chi connectivity index (χ2v) is 7.40. The molecule has 1 fully saturated rings. The molecule has 0 atom stereocenters. The number of alkyl halides is 1.